The highest BCUT2D eigenvalue weighted by Gasteiger charge is 2.15. The molecule has 0 radical (unpaired) electrons. The summed E-state index contributed by atoms with van der Waals surface area (Å²) in [6.07, 6.45) is 0.839. The molecule has 1 aromatic carbocycles. The van der Waals surface area contributed by atoms with Crippen LogP contribution in [0.5, 0.6) is 11.5 Å². The van der Waals surface area contributed by atoms with Gasteiger partial charge in [0, 0.05) is 6.07 Å². The van der Waals surface area contributed by atoms with E-state index in [4.69, 9.17) is 14.6 Å². The first-order valence-electron chi connectivity index (χ1n) is 6.02. The summed E-state index contributed by atoms with van der Waals surface area (Å²) in [6, 6.07) is 4.72. The standard InChI is InChI=1S/C14H20O4/c1-9(2)7-10(3)18-13-8-11(17-4)5-6-12(13)14(15)16/h5-6,8-10H,7H2,1-4H3,(H,15,16). The second-order valence-corrected chi connectivity index (χ2v) is 4.73. The molecule has 1 aromatic rings. The molecule has 0 aromatic heterocycles. The van der Waals surface area contributed by atoms with E-state index >= 15 is 0 Å². The molecule has 4 heteroatoms. The Morgan fingerprint density at radius 2 is 2.00 bits per heavy atom. The largest absolute Gasteiger partial charge is 0.497 e. The van der Waals surface area contributed by atoms with Crippen LogP contribution in [0.15, 0.2) is 18.2 Å². The summed E-state index contributed by atoms with van der Waals surface area (Å²) in [5.41, 5.74) is 0.159. The number of hydrogen-bond acceptors (Lipinski definition) is 3. The molecule has 0 aliphatic carbocycles. The molecule has 0 aliphatic heterocycles. The predicted molar refractivity (Wildman–Crippen MR) is 69.5 cm³/mol. The number of carbonyl (C=O) groups is 1. The number of benzene rings is 1. The Balaban J connectivity index is 2.93. The highest BCUT2D eigenvalue weighted by atomic mass is 16.5. The van der Waals surface area contributed by atoms with Gasteiger partial charge in [0.2, 0.25) is 0 Å². The van der Waals surface area contributed by atoms with Crippen molar-refractivity contribution in [2.75, 3.05) is 7.11 Å². The summed E-state index contributed by atoms with van der Waals surface area (Å²) in [5, 5.41) is 9.10. The Labute approximate surface area is 108 Å². The molecule has 18 heavy (non-hydrogen) atoms. The van der Waals surface area contributed by atoms with E-state index < -0.39 is 5.97 Å². The predicted octanol–water partition coefficient (Wildman–Crippen LogP) is 3.21. The van der Waals surface area contributed by atoms with E-state index in [-0.39, 0.29) is 11.7 Å². The van der Waals surface area contributed by atoms with Gasteiger partial charge in [-0.3, -0.25) is 0 Å². The quantitative estimate of drug-likeness (QED) is 0.844. The molecule has 0 spiro atoms. The van der Waals surface area contributed by atoms with Gasteiger partial charge < -0.3 is 14.6 Å². The van der Waals surface area contributed by atoms with Crippen molar-refractivity contribution < 1.29 is 19.4 Å². The van der Waals surface area contributed by atoms with Gasteiger partial charge in [-0.2, -0.15) is 0 Å². The molecule has 0 bridgehead atoms. The van der Waals surface area contributed by atoms with Crippen LogP contribution in [0.2, 0.25) is 0 Å². The highest BCUT2D eigenvalue weighted by molar-refractivity contribution is 5.91. The van der Waals surface area contributed by atoms with E-state index in [9.17, 15) is 4.79 Å². The average molecular weight is 252 g/mol. The monoisotopic (exact) mass is 252 g/mol. The van der Waals surface area contributed by atoms with Gasteiger partial charge >= 0.3 is 5.97 Å². The zero-order valence-electron chi connectivity index (χ0n) is 11.3. The molecule has 0 aliphatic rings. The number of carboxylic acids is 1. The van der Waals surface area contributed by atoms with Crippen molar-refractivity contribution in [1.82, 2.24) is 0 Å². The third kappa shape index (κ3) is 3.95. The van der Waals surface area contributed by atoms with Crippen molar-refractivity contribution in [3.8, 4) is 11.5 Å². The lowest BCUT2D eigenvalue weighted by atomic mass is 10.1. The Hall–Kier alpha value is -1.71. The number of hydrogen-bond donors (Lipinski definition) is 1. The number of aromatic carboxylic acids is 1. The Bertz CT molecular complexity index is 412. The van der Waals surface area contributed by atoms with Gasteiger partial charge in [-0.25, -0.2) is 4.79 Å². The number of carboxylic acid groups (broad SMARTS) is 1. The maximum absolute atomic E-state index is 11.1. The van der Waals surface area contributed by atoms with Crippen LogP contribution in [0.4, 0.5) is 0 Å². The topological polar surface area (TPSA) is 55.8 Å². The van der Waals surface area contributed by atoms with Gasteiger partial charge in [0.15, 0.2) is 0 Å². The van der Waals surface area contributed by atoms with Gasteiger partial charge in [0.25, 0.3) is 0 Å². The summed E-state index contributed by atoms with van der Waals surface area (Å²) in [7, 11) is 1.54. The molecule has 1 atom stereocenters. The number of rotatable bonds is 6. The smallest absolute Gasteiger partial charge is 0.339 e. The Morgan fingerprint density at radius 1 is 1.33 bits per heavy atom. The Kier molecular flexibility index (Phi) is 5.01. The lowest BCUT2D eigenvalue weighted by molar-refractivity contribution is 0.0689. The number of methoxy groups -OCH3 is 1. The Morgan fingerprint density at radius 3 is 2.50 bits per heavy atom. The van der Waals surface area contributed by atoms with Crippen LogP contribution >= 0.6 is 0 Å². The molecule has 1 N–H and O–H groups in total. The van der Waals surface area contributed by atoms with Crippen molar-refractivity contribution in [3.05, 3.63) is 23.8 Å². The van der Waals surface area contributed by atoms with Crippen LogP contribution in [0.3, 0.4) is 0 Å². The molecular weight excluding hydrogens is 232 g/mol. The zero-order chi connectivity index (χ0) is 13.7. The molecule has 4 nitrogen and oxygen atoms in total. The first kappa shape index (κ1) is 14.4. The van der Waals surface area contributed by atoms with E-state index in [2.05, 4.69) is 13.8 Å². The lowest BCUT2D eigenvalue weighted by Gasteiger charge is -2.18. The summed E-state index contributed by atoms with van der Waals surface area (Å²) in [6.45, 7) is 6.14. The van der Waals surface area contributed by atoms with Crippen molar-refractivity contribution in [1.29, 1.82) is 0 Å². The minimum absolute atomic E-state index is 0.0322. The van der Waals surface area contributed by atoms with E-state index in [1.807, 2.05) is 6.92 Å². The van der Waals surface area contributed by atoms with Gasteiger partial charge in [-0.05, 0) is 31.4 Å². The summed E-state index contributed by atoms with van der Waals surface area (Å²) < 4.78 is 10.8. The average Bonchev–Trinajstić information content (AvgIpc) is 2.27. The van der Waals surface area contributed by atoms with Gasteiger partial charge in [-0.1, -0.05) is 13.8 Å². The molecule has 100 valence electrons. The molecule has 0 heterocycles. The first-order chi connectivity index (χ1) is 8.43. The van der Waals surface area contributed by atoms with Crippen molar-refractivity contribution >= 4 is 5.97 Å². The van der Waals surface area contributed by atoms with Crippen molar-refractivity contribution in [2.24, 2.45) is 5.92 Å². The van der Waals surface area contributed by atoms with Crippen LogP contribution in [-0.2, 0) is 0 Å². The minimum Gasteiger partial charge on any atom is -0.497 e. The molecule has 1 unspecified atom stereocenters. The maximum Gasteiger partial charge on any atom is 0.339 e. The van der Waals surface area contributed by atoms with Gasteiger partial charge in [-0.15, -0.1) is 0 Å². The molecule has 0 saturated heterocycles. The zero-order valence-corrected chi connectivity index (χ0v) is 11.3. The second-order valence-electron chi connectivity index (χ2n) is 4.73. The third-order valence-electron chi connectivity index (χ3n) is 2.55. The second kappa shape index (κ2) is 6.28. The third-order valence-corrected chi connectivity index (χ3v) is 2.55. The van der Waals surface area contributed by atoms with E-state index in [1.54, 1.807) is 12.1 Å². The van der Waals surface area contributed by atoms with Crippen LogP contribution < -0.4 is 9.47 Å². The number of ether oxygens (including phenoxy) is 2. The van der Waals surface area contributed by atoms with Gasteiger partial charge in [0.05, 0.1) is 13.2 Å². The fraction of sp³-hybridized carbons (Fsp3) is 0.500. The molecule has 1 rings (SSSR count). The molecule has 0 fully saturated rings. The van der Waals surface area contributed by atoms with Crippen molar-refractivity contribution in [3.63, 3.8) is 0 Å². The van der Waals surface area contributed by atoms with Gasteiger partial charge in [0.1, 0.15) is 17.1 Å². The normalized spacial score (nSPS) is 12.3. The fourth-order valence-corrected chi connectivity index (χ4v) is 1.83. The first-order valence-corrected chi connectivity index (χ1v) is 6.02. The fourth-order valence-electron chi connectivity index (χ4n) is 1.83. The van der Waals surface area contributed by atoms with E-state index in [0.717, 1.165) is 6.42 Å². The van der Waals surface area contributed by atoms with Crippen LogP contribution in [0.25, 0.3) is 0 Å². The summed E-state index contributed by atoms with van der Waals surface area (Å²) in [4.78, 5) is 11.1. The van der Waals surface area contributed by atoms with Crippen LogP contribution in [-0.4, -0.2) is 24.3 Å². The summed E-state index contributed by atoms with van der Waals surface area (Å²) >= 11 is 0. The maximum atomic E-state index is 11.1. The summed E-state index contributed by atoms with van der Waals surface area (Å²) in [5.74, 6) is 0.449. The SMILES string of the molecule is COc1ccc(C(=O)O)c(OC(C)CC(C)C)c1. The lowest BCUT2D eigenvalue weighted by Crippen LogP contribution is -2.16. The molecule has 0 amide bonds. The molecular formula is C14H20O4. The highest BCUT2D eigenvalue weighted by Crippen LogP contribution is 2.26. The van der Waals surface area contributed by atoms with Crippen molar-refractivity contribution in [2.45, 2.75) is 33.3 Å². The van der Waals surface area contributed by atoms with Crippen LogP contribution in [0.1, 0.15) is 37.6 Å². The minimum atomic E-state index is -0.996. The van der Waals surface area contributed by atoms with E-state index in [0.29, 0.717) is 17.4 Å². The molecule has 0 saturated carbocycles. The van der Waals surface area contributed by atoms with Crippen LogP contribution in [0, 0.1) is 5.92 Å². The van der Waals surface area contributed by atoms with E-state index in [1.165, 1.54) is 13.2 Å².